The fraction of sp³-hybridized carbons (Fsp3) is 0.455. The summed E-state index contributed by atoms with van der Waals surface area (Å²) < 4.78 is 7.13. The second-order valence-corrected chi connectivity index (χ2v) is 4.85. The molecule has 3 rings (SSSR count). The van der Waals surface area contributed by atoms with Gasteiger partial charge in [0.15, 0.2) is 5.13 Å². The van der Waals surface area contributed by atoms with Crippen LogP contribution in [0.1, 0.15) is 0 Å². The van der Waals surface area contributed by atoms with Gasteiger partial charge in [-0.1, -0.05) is 0 Å². The summed E-state index contributed by atoms with van der Waals surface area (Å²) in [6.45, 7) is 3.45. The average Bonchev–Trinajstić information content (AvgIpc) is 2.98. The third-order valence-corrected chi connectivity index (χ3v) is 3.68. The Kier molecular flexibility index (Phi) is 2.82. The number of nitrogens with zero attached hydrogens (tertiary/aromatic N) is 4. The van der Waals surface area contributed by atoms with Gasteiger partial charge in [-0.2, -0.15) is 5.10 Å². The predicted molar refractivity (Wildman–Crippen MR) is 67.3 cm³/mol. The van der Waals surface area contributed by atoms with Crippen LogP contribution in [0.2, 0.25) is 0 Å². The highest BCUT2D eigenvalue weighted by Crippen LogP contribution is 2.27. The summed E-state index contributed by atoms with van der Waals surface area (Å²) in [6, 6.07) is 0. The van der Waals surface area contributed by atoms with Crippen LogP contribution < -0.4 is 4.90 Å². The van der Waals surface area contributed by atoms with Gasteiger partial charge < -0.3 is 9.64 Å². The van der Waals surface area contributed by atoms with Crippen LogP contribution in [0, 0.1) is 0 Å². The van der Waals surface area contributed by atoms with E-state index in [0.29, 0.717) is 0 Å². The lowest BCUT2D eigenvalue weighted by atomic mass is 10.3. The number of thiazole rings is 1. The van der Waals surface area contributed by atoms with Crippen LogP contribution in [-0.4, -0.2) is 41.1 Å². The molecule has 1 fully saturated rings. The standard InChI is InChI=1S/C11H14N4OS/c1-14-7-9(6-12-14)10-8-17-11(13-10)15-2-4-16-5-3-15/h6-8H,2-5H2,1H3. The molecular weight excluding hydrogens is 236 g/mol. The highest BCUT2D eigenvalue weighted by molar-refractivity contribution is 7.14. The van der Waals surface area contributed by atoms with E-state index >= 15 is 0 Å². The van der Waals surface area contributed by atoms with E-state index < -0.39 is 0 Å². The van der Waals surface area contributed by atoms with Gasteiger partial charge in [-0.3, -0.25) is 4.68 Å². The first kappa shape index (κ1) is 10.7. The lowest BCUT2D eigenvalue weighted by Gasteiger charge is -2.25. The molecule has 90 valence electrons. The summed E-state index contributed by atoms with van der Waals surface area (Å²) in [5.41, 5.74) is 2.08. The SMILES string of the molecule is Cn1cc(-c2csc(N3CCOCC3)n2)cn1. The molecule has 6 heteroatoms. The Hall–Kier alpha value is -1.40. The Balaban J connectivity index is 1.82. The first-order chi connectivity index (χ1) is 8.33. The maximum Gasteiger partial charge on any atom is 0.186 e. The number of hydrogen-bond donors (Lipinski definition) is 0. The Morgan fingerprint density at radius 2 is 2.18 bits per heavy atom. The molecule has 0 N–H and O–H groups in total. The molecule has 5 nitrogen and oxygen atoms in total. The number of aromatic nitrogens is 3. The zero-order chi connectivity index (χ0) is 11.7. The van der Waals surface area contributed by atoms with Crippen molar-refractivity contribution >= 4 is 16.5 Å². The third-order valence-electron chi connectivity index (χ3n) is 2.77. The highest BCUT2D eigenvalue weighted by atomic mass is 32.1. The van der Waals surface area contributed by atoms with Crippen molar-refractivity contribution in [2.24, 2.45) is 7.05 Å². The largest absolute Gasteiger partial charge is 0.378 e. The fourth-order valence-corrected chi connectivity index (χ4v) is 2.74. The van der Waals surface area contributed by atoms with Gasteiger partial charge in [0, 0.05) is 37.3 Å². The molecule has 1 saturated heterocycles. The molecular formula is C11H14N4OS. The van der Waals surface area contributed by atoms with Crippen molar-refractivity contribution in [2.45, 2.75) is 0 Å². The highest BCUT2D eigenvalue weighted by Gasteiger charge is 2.15. The average molecular weight is 250 g/mol. The van der Waals surface area contributed by atoms with E-state index in [1.54, 1.807) is 16.0 Å². The van der Waals surface area contributed by atoms with Gasteiger partial charge in [0.25, 0.3) is 0 Å². The van der Waals surface area contributed by atoms with E-state index in [0.717, 1.165) is 42.7 Å². The van der Waals surface area contributed by atoms with Crippen LogP contribution in [-0.2, 0) is 11.8 Å². The fourth-order valence-electron chi connectivity index (χ4n) is 1.85. The molecule has 1 aliphatic heterocycles. The summed E-state index contributed by atoms with van der Waals surface area (Å²) in [7, 11) is 1.92. The maximum atomic E-state index is 5.34. The topological polar surface area (TPSA) is 43.2 Å². The Morgan fingerprint density at radius 3 is 2.88 bits per heavy atom. The van der Waals surface area contributed by atoms with E-state index in [4.69, 9.17) is 4.74 Å². The van der Waals surface area contributed by atoms with Crippen molar-refractivity contribution in [3.63, 3.8) is 0 Å². The normalized spacial score (nSPS) is 16.4. The number of morpholine rings is 1. The van der Waals surface area contributed by atoms with Gasteiger partial charge in [-0.05, 0) is 0 Å². The summed E-state index contributed by atoms with van der Waals surface area (Å²) in [4.78, 5) is 6.92. The molecule has 1 aliphatic rings. The zero-order valence-corrected chi connectivity index (χ0v) is 10.5. The second kappa shape index (κ2) is 4.46. The molecule has 0 aromatic carbocycles. The monoisotopic (exact) mass is 250 g/mol. The minimum Gasteiger partial charge on any atom is -0.378 e. The number of rotatable bonds is 2. The molecule has 0 bridgehead atoms. The quantitative estimate of drug-likeness (QED) is 0.807. The zero-order valence-electron chi connectivity index (χ0n) is 9.67. The van der Waals surface area contributed by atoms with Crippen LogP contribution in [0.15, 0.2) is 17.8 Å². The molecule has 0 atom stereocenters. The summed E-state index contributed by atoms with van der Waals surface area (Å²) >= 11 is 1.68. The molecule has 0 radical (unpaired) electrons. The predicted octanol–water partition coefficient (Wildman–Crippen LogP) is 1.38. The van der Waals surface area contributed by atoms with Gasteiger partial charge >= 0.3 is 0 Å². The summed E-state index contributed by atoms with van der Waals surface area (Å²) in [5.74, 6) is 0. The van der Waals surface area contributed by atoms with Crippen LogP contribution in [0.5, 0.6) is 0 Å². The number of anilines is 1. The van der Waals surface area contributed by atoms with Crippen LogP contribution in [0.3, 0.4) is 0 Å². The van der Waals surface area contributed by atoms with Gasteiger partial charge in [-0.25, -0.2) is 4.98 Å². The summed E-state index contributed by atoms with van der Waals surface area (Å²) in [6.07, 6.45) is 3.83. The second-order valence-electron chi connectivity index (χ2n) is 4.02. The van der Waals surface area contributed by atoms with Crippen molar-refractivity contribution in [3.05, 3.63) is 17.8 Å². The van der Waals surface area contributed by atoms with Crippen LogP contribution >= 0.6 is 11.3 Å². The van der Waals surface area contributed by atoms with Crippen molar-refractivity contribution in [2.75, 3.05) is 31.2 Å². The van der Waals surface area contributed by atoms with Gasteiger partial charge in [0.1, 0.15) is 0 Å². The number of aryl methyl sites for hydroxylation is 1. The third kappa shape index (κ3) is 2.18. The van der Waals surface area contributed by atoms with E-state index in [2.05, 4.69) is 20.4 Å². The first-order valence-corrected chi connectivity index (χ1v) is 6.48. The molecule has 0 saturated carbocycles. The number of hydrogen-bond acceptors (Lipinski definition) is 5. The molecule has 2 aromatic heterocycles. The molecule has 17 heavy (non-hydrogen) atoms. The van der Waals surface area contributed by atoms with E-state index in [9.17, 15) is 0 Å². The maximum absolute atomic E-state index is 5.34. The van der Waals surface area contributed by atoms with Crippen molar-refractivity contribution in [1.29, 1.82) is 0 Å². The lowest BCUT2D eigenvalue weighted by Crippen LogP contribution is -2.36. The smallest absolute Gasteiger partial charge is 0.186 e. The van der Waals surface area contributed by atoms with Crippen molar-refractivity contribution in [3.8, 4) is 11.3 Å². The van der Waals surface area contributed by atoms with E-state index in [1.165, 1.54) is 0 Å². The van der Waals surface area contributed by atoms with Crippen LogP contribution in [0.25, 0.3) is 11.3 Å². The minimum atomic E-state index is 0.793. The lowest BCUT2D eigenvalue weighted by molar-refractivity contribution is 0.122. The Morgan fingerprint density at radius 1 is 1.35 bits per heavy atom. The summed E-state index contributed by atoms with van der Waals surface area (Å²) in [5, 5.41) is 7.32. The molecule has 3 heterocycles. The first-order valence-electron chi connectivity index (χ1n) is 5.60. The van der Waals surface area contributed by atoms with E-state index in [-0.39, 0.29) is 0 Å². The van der Waals surface area contributed by atoms with Crippen molar-refractivity contribution in [1.82, 2.24) is 14.8 Å². The van der Waals surface area contributed by atoms with Crippen LogP contribution in [0.4, 0.5) is 5.13 Å². The Labute approximate surface area is 104 Å². The Bertz CT molecular complexity index is 501. The molecule has 0 unspecified atom stereocenters. The van der Waals surface area contributed by atoms with Crippen molar-refractivity contribution < 1.29 is 4.74 Å². The van der Waals surface area contributed by atoms with Gasteiger partial charge in [0.05, 0.1) is 25.1 Å². The number of ether oxygens (including phenoxy) is 1. The van der Waals surface area contributed by atoms with E-state index in [1.807, 2.05) is 19.4 Å². The minimum absolute atomic E-state index is 0.793. The molecule has 0 spiro atoms. The molecule has 0 aliphatic carbocycles. The molecule has 0 amide bonds. The molecule has 2 aromatic rings. The van der Waals surface area contributed by atoms with Gasteiger partial charge in [0.2, 0.25) is 0 Å². The van der Waals surface area contributed by atoms with Gasteiger partial charge in [-0.15, -0.1) is 11.3 Å².